The number of hydrogen-bond donors (Lipinski definition) is 2. The Kier molecular flexibility index (Phi) is 4.17. The van der Waals surface area contributed by atoms with Crippen molar-refractivity contribution in [2.75, 3.05) is 6.54 Å². The minimum Gasteiger partial charge on any atom is -0.342 e. The molecule has 0 aliphatic rings. The van der Waals surface area contributed by atoms with Crippen LogP contribution in [0.1, 0.15) is 25.1 Å². The molecule has 90 valence electrons. The van der Waals surface area contributed by atoms with Crippen molar-refractivity contribution < 1.29 is 0 Å². The summed E-state index contributed by atoms with van der Waals surface area (Å²) in [5, 5.41) is 0. The van der Waals surface area contributed by atoms with Crippen molar-refractivity contribution in [1.82, 2.24) is 9.97 Å². The number of hydrogen-bond acceptors (Lipinski definition) is 2. The highest BCUT2D eigenvalue weighted by molar-refractivity contribution is 14.1. The van der Waals surface area contributed by atoms with Crippen molar-refractivity contribution >= 4 is 22.6 Å². The number of nitrogens with two attached hydrogens (primary N) is 1. The highest BCUT2D eigenvalue weighted by Gasteiger charge is 2.11. The number of H-pyrrole nitrogens is 1. The molecule has 4 heteroatoms. The second kappa shape index (κ2) is 5.64. The predicted molar refractivity (Wildman–Crippen MR) is 78.8 cm³/mol. The van der Waals surface area contributed by atoms with E-state index in [1.165, 1.54) is 3.57 Å². The minimum atomic E-state index is 0.326. The Labute approximate surface area is 115 Å². The van der Waals surface area contributed by atoms with E-state index in [9.17, 15) is 0 Å². The Morgan fingerprint density at radius 3 is 2.65 bits per heavy atom. The monoisotopic (exact) mass is 341 g/mol. The van der Waals surface area contributed by atoms with Gasteiger partial charge in [-0.2, -0.15) is 0 Å². The number of benzene rings is 1. The number of rotatable bonds is 4. The lowest BCUT2D eigenvalue weighted by molar-refractivity contribution is 0.639. The van der Waals surface area contributed by atoms with Gasteiger partial charge in [0.1, 0.15) is 5.82 Å². The van der Waals surface area contributed by atoms with Crippen LogP contribution < -0.4 is 5.73 Å². The maximum Gasteiger partial charge on any atom is 0.110 e. The molecule has 2 aromatic rings. The molecule has 0 radical (unpaired) electrons. The van der Waals surface area contributed by atoms with Crippen molar-refractivity contribution in [3.05, 3.63) is 39.9 Å². The third kappa shape index (κ3) is 2.87. The molecule has 3 N–H and O–H groups in total. The molecule has 0 spiro atoms. The molecule has 1 aromatic carbocycles. The molecule has 0 fully saturated rings. The van der Waals surface area contributed by atoms with Gasteiger partial charge < -0.3 is 10.7 Å². The molecule has 1 atom stereocenters. The van der Waals surface area contributed by atoms with Gasteiger partial charge in [-0.1, -0.05) is 19.1 Å². The predicted octanol–water partition coefficient (Wildman–Crippen LogP) is 3.13. The smallest absolute Gasteiger partial charge is 0.110 e. The number of aromatic amines is 1. The molecular formula is C13H16IN3. The van der Waals surface area contributed by atoms with Gasteiger partial charge in [0.15, 0.2) is 0 Å². The van der Waals surface area contributed by atoms with Crippen LogP contribution in [0.5, 0.6) is 0 Å². The van der Waals surface area contributed by atoms with Crippen molar-refractivity contribution in [3.63, 3.8) is 0 Å². The first-order valence-corrected chi connectivity index (χ1v) is 6.83. The minimum absolute atomic E-state index is 0.326. The Balaban J connectivity index is 2.26. The Hall–Kier alpha value is -0.880. The van der Waals surface area contributed by atoms with Gasteiger partial charge in [0.25, 0.3) is 0 Å². The van der Waals surface area contributed by atoms with E-state index in [0.717, 1.165) is 23.5 Å². The van der Waals surface area contributed by atoms with E-state index in [1.54, 1.807) is 0 Å². The summed E-state index contributed by atoms with van der Waals surface area (Å²) in [6.45, 7) is 2.76. The van der Waals surface area contributed by atoms with Crippen LogP contribution in [0.25, 0.3) is 11.3 Å². The second-order valence-corrected chi connectivity index (χ2v) is 5.28. The van der Waals surface area contributed by atoms with Crippen LogP contribution in [-0.4, -0.2) is 16.5 Å². The van der Waals surface area contributed by atoms with Crippen LogP contribution in [0.2, 0.25) is 0 Å². The fourth-order valence-electron chi connectivity index (χ4n) is 1.79. The van der Waals surface area contributed by atoms with E-state index in [1.807, 2.05) is 6.20 Å². The number of halogens is 1. The molecule has 0 bridgehead atoms. The van der Waals surface area contributed by atoms with Crippen LogP contribution in [0, 0.1) is 3.57 Å². The summed E-state index contributed by atoms with van der Waals surface area (Å²) in [5.41, 5.74) is 7.94. The van der Waals surface area contributed by atoms with Crippen LogP contribution in [-0.2, 0) is 0 Å². The summed E-state index contributed by atoms with van der Waals surface area (Å²) in [6.07, 6.45) is 2.89. The van der Waals surface area contributed by atoms with Crippen LogP contribution in [0.15, 0.2) is 30.5 Å². The molecule has 2 rings (SSSR count). The zero-order valence-electron chi connectivity index (χ0n) is 9.78. The largest absolute Gasteiger partial charge is 0.342 e. The van der Waals surface area contributed by atoms with Gasteiger partial charge in [-0.3, -0.25) is 0 Å². The average Bonchev–Trinajstić information content (AvgIpc) is 2.81. The summed E-state index contributed by atoms with van der Waals surface area (Å²) in [4.78, 5) is 7.78. The normalized spacial score (nSPS) is 12.6. The fourth-order valence-corrected chi connectivity index (χ4v) is 2.15. The molecule has 0 aliphatic heterocycles. The molecule has 0 saturated heterocycles. The summed E-state index contributed by atoms with van der Waals surface area (Å²) in [6, 6.07) is 8.39. The number of imidazole rings is 1. The van der Waals surface area contributed by atoms with Gasteiger partial charge >= 0.3 is 0 Å². The van der Waals surface area contributed by atoms with Gasteiger partial charge in [0, 0.05) is 16.0 Å². The van der Waals surface area contributed by atoms with Gasteiger partial charge in [0.2, 0.25) is 0 Å². The van der Waals surface area contributed by atoms with Gasteiger partial charge in [-0.05, 0) is 46.7 Å². The standard InChI is InChI=1S/C13H16IN3/c1-2-9(7-15)13-16-8-12(17-13)10-3-5-11(14)6-4-10/h3-6,8-9H,2,7,15H2,1H3,(H,16,17). The van der Waals surface area contributed by atoms with E-state index in [4.69, 9.17) is 5.73 Å². The van der Waals surface area contributed by atoms with E-state index < -0.39 is 0 Å². The quantitative estimate of drug-likeness (QED) is 0.840. The van der Waals surface area contributed by atoms with E-state index in [-0.39, 0.29) is 0 Å². The van der Waals surface area contributed by atoms with Crippen molar-refractivity contribution in [1.29, 1.82) is 0 Å². The van der Waals surface area contributed by atoms with Crippen molar-refractivity contribution in [3.8, 4) is 11.3 Å². The molecule has 1 aromatic heterocycles. The first-order valence-electron chi connectivity index (χ1n) is 5.75. The molecular weight excluding hydrogens is 325 g/mol. The first kappa shape index (κ1) is 12.6. The maximum atomic E-state index is 5.72. The third-order valence-corrected chi connectivity index (χ3v) is 3.63. The second-order valence-electron chi connectivity index (χ2n) is 4.03. The van der Waals surface area contributed by atoms with Crippen LogP contribution in [0.4, 0.5) is 0 Å². The number of nitrogens with zero attached hydrogens (tertiary/aromatic N) is 1. The SMILES string of the molecule is CCC(CN)c1ncc(-c2ccc(I)cc2)[nH]1. The summed E-state index contributed by atoms with van der Waals surface area (Å²) in [5.74, 6) is 1.32. The Bertz CT molecular complexity index is 472. The lowest BCUT2D eigenvalue weighted by atomic mass is 10.1. The molecule has 0 aliphatic carbocycles. The zero-order chi connectivity index (χ0) is 12.3. The highest BCUT2D eigenvalue weighted by Crippen LogP contribution is 2.22. The molecule has 0 saturated carbocycles. The average molecular weight is 341 g/mol. The Morgan fingerprint density at radius 1 is 1.35 bits per heavy atom. The topological polar surface area (TPSA) is 54.7 Å². The first-order chi connectivity index (χ1) is 8.24. The lowest BCUT2D eigenvalue weighted by Gasteiger charge is -2.07. The fraction of sp³-hybridized carbons (Fsp3) is 0.308. The number of nitrogens with one attached hydrogen (secondary N) is 1. The summed E-state index contributed by atoms with van der Waals surface area (Å²) >= 11 is 2.30. The van der Waals surface area contributed by atoms with Gasteiger partial charge in [0.05, 0.1) is 11.9 Å². The van der Waals surface area contributed by atoms with Crippen LogP contribution in [0.3, 0.4) is 0 Å². The van der Waals surface area contributed by atoms with E-state index >= 15 is 0 Å². The Morgan fingerprint density at radius 2 is 2.06 bits per heavy atom. The molecule has 1 heterocycles. The van der Waals surface area contributed by atoms with E-state index in [0.29, 0.717) is 12.5 Å². The molecule has 0 amide bonds. The van der Waals surface area contributed by atoms with Crippen LogP contribution >= 0.6 is 22.6 Å². The van der Waals surface area contributed by atoms with E-state index in [2.05, 4.69) is 63.7 Å². The highest BCUT2D eigenvalue weighted by atomic mass is 127. The maximum absolute atomic E-state index is 5.72. The van der Waals surface area contributed by atoms with Crippen molar-refractivity contribution in [2.45, 2.75) is 19.3 Å². The van der Waals surface area contributed by atoms with Gasteiger partial charge in [-0.25, -0.2) is 4.98 Å². The lowest BCUT2D eigenvalue weighted by Crippen LogP contribution is -2.12. The molecule has 3 nitrogen and oxygen atoms in total. The summed E-state index contributed by atoms with van der Waals surface area (Å²) in [7, 11) is 0. The number of aromatic nitrogens is 2. The summed E-state index contributed by atoms with van der Waals surface area (Å²) < 4.78 is 1.24. The third-order valence-electron chi connectivity index (χ3n) is 2.91. The van der Waals surface area contributed by atoms with Gasteiger partial charge in [-0.15, -0.1) is 0 Å². The zero-order valence-corrected chi connectivity index (χ0v) is 11.9. The molecule has 17 heavy (non-hydrogen) atoms. The van der Waals surface area contributed by atoms with Crippen molar-refractivity contribution in [2.24, 2.45) is 5.73 Å². The molecule has 1 unspecified atom stereocenters.